The van der Waals surface area contributed by atoms with Crippen molar-refractivity contribution in [2.45, 2.75) is 50.7 Å². The molecule has 0 spiro atoms. The summed E-state index contributed by atoms with van der Waals surface area (Å²) in [5, 5.41) is 6.71. The third kappa shape index (κ3) is 3.33. The van der Waals surface area contributed by atoms with Crippen molar-refractivity contribution in [3.8, 4) is 22.6 Å². The maximum Gasteiger partial charge on any atom is 0.221 e. The minimum Gasteiger partial charge on any atom is -0.453 e. The van der Waals surface area contributed by atoms with Crippen LogP contribution in [-0.2, 0) is 4.79 Å². The van der Waals surface area contributed by atoms with Crippen LogP contribution in [0.3, 0.4) is 0 Å². The molecule has 2 N–H and O–H groups in total. The first-order chi connectivity index (χ1) is 15.7. The van der Waals surface area contributed by atoms with Gasteiger partial charge in [0.25, 0.3) is 0 Å². The first-order valence-corrected chi connectivity index (χ1v) is 11.5. The summed E-state index contributed by atoms with van der Waals surface area (Å²) in [4.78, 5) is 14.2. The molecule has 0 radical (unpaired) electrons. The van der Waals surface area contributed by atoms with Gasteiger partial charge in [0.1, 0.15) is 0 Å². The molecule has 5 heteroatoms. The first kappa shape index (κ1) is 19.4. The van der Waals surface area contributed by atoms with Crippen LogP contribution in [0.4, 0.5) is 17.1 Å². The molecule has 0 aliphatic carbocycles. The van der Waals surface area contributed by atoms with E-state index in [1.807, 2.05) is 30.3 Å². The number of fused-ring (bicyclic) bond motifs is 4. The van der Waals surface area contributed by atoms with Gasteiger partial charge in [-0.15, -0.1) is 0 Å². The molecule has 3 aliphatic rings. The largest absolute Gasteiger partial charge is 0.453 e. The van der Waals surface area contributed by atoms with Gasteiger partial charge in [0.2, 0.25) is 5.91 Å². The zero-order chi connectivity index (χ0) is 21.7. The zero-order valence-electron chi connectivity index (χ0n) is 18.2. The third-order valence-electron chi connectivity index (χ3n) is 6.93. The van der Waals surface area contributed by atoms with Gasteiger partial charge in [-0.05, 0) is 61.6 Å². The second-order valence-electron chi connectivity index (χ2n) is 9.11. The SMILES string of the molecule is CC(=O)Nc1ccccc1-c1ccc2c(c1)Oc1ccccc1N2C1CC2CCC(C1)N2. The number of hydrogen-bond donors (Lipinski definition) is 2. The Bertz CT molecular complexity index is 1180. The molecule has 6 rings (SSSR count). The van der Waals surface area contributed by atoms with E-state index in [2.05, 4.69) is 51.9 Å². The van der Waals surface area contributed by atoms with Crippen LogP contribution < -0.4 is 20.3 Å². The third-order valence-corrected chi connectivity index (χ3v) is 6.93. The summed E-state index contributed by atoms with van der Waals surface area (Å²) < 4.78 is 6.41. The van der Waals surface area contributed by atoms with Gasteiger partial charge < -0.3 is 20.3 Å². The fourth-order valence-corrected chi connectivity index (χ4v) is 5.62. The number of nitrogens with zero attached hydrogens (tertiary/aromatic N) is 1. The van der Waals surface area contributed by atoms with Crippen LogP contribution in [0.1, 0.15) is 32.6 Å². The molecule has 2 unspecified atom stereocenters. The van der Waals surface area contributed by atoms with Crippen molar-refractivity contribution in [2.24, 2.45) is 0 Å². The van der Waals surface area contributed by atoms with Gasteiger partial charge >= 0.3 is 0 Å². The molecule has 2 bridgehead atoms. The van der Waals surface area contributed by atoms with Crippen LogP contribution in [0, 0.1) is 0 Å². The second kappa shape index (κ2) is 7.68. The highest BCUT2D eigenvalue weighted by molar-refractivity contribution is 5.94. The number of ether oxygens (including phenoxy) is 1. The maximum absolute atomic E-state index is 11.7. The lowest BCUT2D eigenvalue weighted by atomic mass is 9.95. The van der Waals surface area contributed by atoms with Crippen LogP contribution >= 0.6 is 0 Å². The van der Waals surface area contributed by atoms with Gasteiger partial charge in [-0.3, -0.25) is 4.79 Å². The van der Waals surface area contributed by atoms with Crippen LogP contribution in [0.5, 0.6) is 11.5 Å². The number of carbonyl (C=O) groups excluding carboxylic acids is 1. The van der Waals surface area contributed by atoms with Crippen molar-refractivity contribution in [1.82, 2.24) is 5.32 Å². The lowest BCUT2D eigenvalue weighted by molar-refractivity contribution is -0.114. The summed E-state index contributed by atoms with van der Waals surface area (Å²) in [6, 6.07) is 24.3. The zero-order valence-corrected chi connectivity index (χ0v) is 18.2. The van der Waals surface area contributed by atoms with Crippen molar-refractivity contribution in [3.63, 3.8) is 0 Å². The lowest BCUT2D eigenvalue weighted by Gasteiger charge is -2.42. The van der Waals surface area contributed by atoms with Crippen molar-refractivity contribution >= 4 is 23.0 Å². The van der Waals surface area contributed by atoms with Crippen molar-refractivity contribution in [2.75, 3.05) is 10.2 Å². The molecule has 2 saturated heterocycles. The minimum atomic E-state index is -0.0766. The summed E-state index contributed by atoms with van der Waals surface area (Å²) in [6.45, 7) is 1.54. The predicted molar refractivity (Wildman–Crippen MR) is 128 cm³/mol. The average molecular weight is 426 g/mol. The molecule has 0 saturated carbocycles. The van der Waals surface area contributed by atoms with E-state index < -0.39 is 0 Å². The molecule has 162 valence electrons. The molecule has 2 fully saturated rings. The molecule has 2 atom stereocenters. The highest BCUT2D eigenvalue weighted by Crippen LogP contribution is 2.51. The molecule has 32 heavy (non-hydrogen) atoms. The number of piperidine rings is 1. The van der Waals surface area contributed by atoms with Crippen LogP contribution in [0.2, 0.25) is 0 Å². The Morgan fingerprint density at radius 1 is 0.938 bits per heavy atom. The monoisotopic (exact) mass is 425 g/mol. The van der Waals surface area contributed by atoms with E-state index in [9.17, 15) is 4.79 Å². The highest BCUT2D eigenvalue weighted by Gasteiger charge is 2.39. The summed E-state index contributed by atoms with van der Waals surface area (Å²) in [5.41, 5.74) is 5.09. The summed E-state index contributed by atoms with van der Waals surface area (Å²) in [5.74, 6) is 1.69. The fourth-order valence-electron chi connectivity index (χ4n) is 5.62. The number of benzene rings is 3. The van der Waals surface area contributed by atoms with Crippen LogP contribution in [0.15, 0.2) is 66.7 Å². The number of carbonyl (C=O) groups is 1. The Labute approximate surface area is 188 Å². The first-order valence-electron chi connectivity index (χ1n) is 11.5. The molecule has 3 aromatic carbocycles. The van der Waals surface area contributed by atoms with Gasteiger partial charge in [0.05, 0.1) is 11.4 Å². The van der Waals surface area contributed by atoms with E-state index in [1.165, 1.54) is 19.8 Å². The van der Waals surface area contributed by atoms with Crippen molar-refractivity contribution in [1.29, 1.82) is 0 Å². The molecule has 5 nitrogen and oxygen atoms in total. The Kier molecular flexibility index (Phi) is 4.65. The normalized spacial score (nSPS) is 23.2. The molecular formula is C27H27N3O2. The van der Waals surface area contributed by atoms with E-state index >= 15 is 0 Å². The number of anilines is 3. The number of rotatable bonds is 3. The Hall–Kier alpha value is -3.31. The number of para-hydroxylation sites is 3. The minimum absolute atomic E-state index is 0.0766. The van der Waals surface area contributed by atoms with Crippen LogP contribution in [0.25, 0.3) is 11.1 Å². The molecule has 1 amide bonds. The molecule has 3 aromatic rings. The quantitative estimate of drug-likeness (QED) is 0.554. The van der Waals surface area contributed by atoms with E-state index in [-0.39, 0.29) is 5.91 Å². The van der Waals surface area contributed by atoms with E-state index in [1.54, 1.807) is 0 Å². The Morgan fingerprint density at radius 3 is 2.47 bits per heavy atom. The topological polar surface area (TPSA) is 53.6 Å². The number of amides is 1. The Balaban J connectivity index is 1.43. The average Bonchev–Trinajstić information content (AvgIpc) is 3.14. The fraction of sp³-hybridized carbons (Fsp3) is 0.296. The smallest absolute Gasteiger partial charge is 0.221 e. The van der Waals surface area contributed by atoms with Crippen molar-refractivity contribution < 1.29 is 9.53 Å². The second-order valence-corrected chi connectivity index (χ2v) is 9.11. The van der Waals surface area contributed by atoms with Gasteiger partial charge in [0.15, 0.2) is 11.5 Å². The highest BCUT2D eigenvalue weighted by atomic mass is 16.5. The molecule has 3 heterocycles. The lowest BCUT2D eigenvalue weighted by Crippen LogP contribution is -2.47. The molecule has 0 aromatic heterocycles. The number of nitrogens with one attached hydrogen (secondary N) is 2. The Morgan fingerprint density at radius 2 is 1.66 bits per heavy atom. The van der Waals surface area contributed by atoms with Gasteiger partial charge in [-0.25, -0.2) is 0 Å². The van der Waals surface area contributed by atoms with Crippen LogP contribution in [-0.4, -0.2) is 24.0 Å². The molecule has 3 aliphatic heterocycles. The van der Waals surface area contributed by atoms with Gasteiger partial charge in [0, 0.05) is 36.3 Å². The summed E-state index contributed by atoms with van der Waals surface area (Å²) in [7, 11) is 0. The van der Waals surface area contributed by atoms with Gasteiger partial charge in [-0.1, -0.05) is 36.4 Å². The van der Waals surface area contributed by atoms with E-state index in [4.69, 9.17) is 4.74 Å². The maximum atomic E-state index is 11.7. The summed E-state index contributed by atoms with van der Waals surface area (Å²) >= 11 is 0. The van der Waals surface area contributed by atoms with Crippen molar-refractivity contribution in [3.05, 3.63) is 66.7 Å². The standard InChI is InChI=1S/C27H27N3O2/c1-17(31)28-23-7-3-2-6-22(23)18-10-13-25-27(14-18)32-26-9-5-4-8-24(26)30(25)21-15-19-11-12-20(16-21)29-19/h2-10,13-14,19-21,29H,11-12,15-16H2,1H3,(H,28,31). The summed E-state index contributed by atoms with van der Waals surface area (Å²) in [6.07, 6.45) is 4.85. The number of hydrogen-bond acceptors (Lipinski definition) is 4. The van der Waals surface area contributed by atoms with Gasteiger partial charge in [-0.2, -0.15) is 0 Å². The van der Waals surface area contributed by atoms with E-state index in [0.717, 1.165) is 52.5 Å². The van der Waals surface area contributed by atoms with E-state index in [0.29, 0.717) is 18.1 Å². The molecular weight excluding hydrogens is 398 g/mol. The predicted octanol–water partition coefficient (Wildman–Crippen LogP) is 5.84.